The van der Waals surface area contributed by atoms with Crippen molar-refractivity contribution in [2.45, 2.75) is 18.9 Å². The quantitative estimate of drug-likeness (QED) is 0.374. The molecule has 3 N–H and O–H groups in total. The predicted molar refractivity (Wildman–Crippen MR) is 80.0 cm³/mol. The number of nitrogens with one attached hydrogen (secondary N) is 3. The van der Waals surface area contributed by atoms with E-state index in [4.69, 9.17) is 0 Å². The van der Waals surface area contributed by atoms with Gasteiger partial charge < -0.3 is 16.0 Å². The Morgan fingerprint density at radius 2 is 2.40 bits per heavy atom. The Kier molecular flexibility index (Phi) is 5.51. The van der Waals surface area contributed by atoms with E-state index in [1.54, 1.807) is 7.05 Å². The Hall–Kier alpha value is -1.44. The van der Waals surface area contributed by atoms with E-state index in [0.717, 1.165) is 18.1 Å². The maximum Gasteiger partial charge on any atom is 0.324 e. The largest absolute Gasteiger partial charge is 0.355 e. The van der Waals surface area contributed by atoms with Gasteiger partial charge in [0.1, 0.15) is 0 Å². The van der Waals surface area contributed by atoms with E-state index >= 15 is 0 Å². The van der Waals surface area contributed by atoms with Crippen molar-refractivity contribution in [3.05, 3.63) is 0 Å². The van der Waals surface area contributed by atoms with Gasteiger partial charge in [-0.15, -0.1) is 0 Å². The Morgan fingerprint density at radius 1 is 1.55 bits per heavy atom. The van der Waals surface area contributed by atoms with Crippen molar-refractivity contribution in [3.8, 4) is 0 Å². The van der Waals surface area contributed by atoms with E-state index in [1.165, 1.54) is 17.1 Å². The molecule has 0 aromatic carbocycles. The molecule has 2 rings (SSSR count). The van der Waals surface area contributed by atoms with Crippen LogP contribution in [0.1, 0.15) is 12.8 Å². The number of thioether (sulfide) groups is 1. The topological polar surface area (TPSA) is 85.8 Å². The smallest absolute Gasteiger partial charge is 0.324 e. The highest BCUT2D eigenvalue weighted by molar-refractivity contribution is 7.99. The first kappa shape index (κ1) is 15.0. The second-order valence-corrected chi connectivity index (χ2v) is 5.91. The third-order valence-corrected chi connectivity index (χ3v) is 4.51. The Morgan fingerprint density at radius 3 is 3.00 bits per heavy atom. The highest BCUT2D eigenvalue weighted by atomic mass is 32.2. The van der Waals surface area contributed by atoms with Crippen LogP contribution in [-0.2, 0) is 4.79 Å². The molecule has 2 heterocycles. The van der Waals surface area contributed by atoms with Crippen molar-refractivity contribution in [1.82, 2.24) is 20.9 Å². The zero-order valence-electron chi connectivity index (χ0n) is 11.6. The van der Waals surface area contributed by atoms with Crippen LogP contribution in [0.2, 0.25) is 0 Å². The van der Waals surface area contributed by atoms with Crippen LogP contribution in [0.3, 0.4) is 0 Å². The lowest BCUT2D eigenvalue weighted by Crippen LogP contribution is -2.47. The van der Waals surface area contributed by atoms with Gasteiger partial charge in [-0.05, 0) is 18.6 Å². The van der Waals surface area contributed by atoms with Crippen LogP contribution in [0, 0.1) is 0 Å². The molecule has 112 valence electrons. The fourth-order valence-electron chi connectivity index (χ4n) is 2.21. The van der Waals surface area contributed by atoms with Gasteiger partial charge in [0.25, 0.3) is 0 Å². The van der Waals surface area contributed by atoms with Crippen LogP contribution in [0.15, 0.2) is 4.99 Å². The number of amides is 3. The van der Waals surface area contributed by atoms with E-state index in [1.807, 2.05) is 11.8 Å². The van der Waals surface area contributed by atoms with Crippen molar-refractivity contribution in [3.63, 3.8) is 0 Å². The van der Waals surface area contributed by atoms with Gasteiger partial charge in [0, 0.05) is 31.9 Å². The fraction of sp³-hybridized carbons (Fsp3) is 0.750. The summed E-state index contributed by atoms with van der Waals surface area (Å²) in [5, 5.41) is 9.01. The fourth-order valence-corrected chi connectivity index (χ4v) is 3.28. The molecule has 0 aliphatic carbocycles. The number of carbonyl (C=O) groups is 2. The van der Waals surface area contributed by atoms with Crippen LogP contribution in [0.4, 0.5) is 4.79 Å². The lowest BCUT2D eigenvalue weighted by molar-refractivity contribution is -0.124. The van der Waals surface area contributed by atoms with Gasteiger partial charge in [-0.25, -0.2) is 4.79 Å². The van der Waals surface area contributed by atoms with E-state index in [9.17, 15) is 9.59 Å². The first-order chi connectivity index (χ1) is 9.70. The van der Waals surface area contributed by atoms with Gasteiger partial charge in [-0.3, -0.25) is 14.7 Å². The Labute approximate surface area is 122 Å². The number of hydrogen-bond acceptors (Lipinski definition) is 4. The Bertz CT molecular complexity index is 379. The van der Waals surface area contributed by atoms with Crippen LogP contribution < -0.4 is 16.0 Å². The molecule has 2 saturated heterocycles. The second-order valence-electron chi connectivity index (χ2n) is 4.76. The van der Waals surface area contributed by atoms with E-state index < -0.39 is 0 Å². The van der Waals surface area contributed by atoms with Gasteiger partial charge in [0.05, 0.1) is 6.54 Å². The minimum Gasteiger partial charge on any atom is -0.355 e. The standard InChI is InChI=1S/C12H21N5O2S/c1-13-11(16-9-3-2-6-20-8-9)14-4-5-17-10(18)7-15-12(17)19/h9H,2-8H2,1H3,(H,15,19)(H2,13,14,16). The number of hydrogen-bond donors (Lipinski definition) is 3. The minimum absolute atomic E-state index is 0.102. The summed E-state index contributed by atoms with van der Waals surface area (Å²) in [6.45, 7) is 0.953. The Balaban J connectivity index is 1.71. The number of guanidine groups is 1. The SMILES string of the molecule is CN=C(NCCN1C(=O)CNC1=O)NC1CCCSC1. The molecule has 2 aliphatic rings. The third-order valence-electron chi connectivity index (χ3n) is 3.29. The van der Waals surface area contributed by atoms with Crippen LogP contribution in [0.5, 0.6) is 0 Å². The molecule has 2 fully saturated rings. The van der Waals surface area contributed by atoms with E-state index in [-0.39, 0.29) is 18.5 Å². The zero-order valence-corrected chi connectivity index (χ0v) is 12.5. The second kappa shape index (κ2) is 7.37. The summed E-state index contributed by atoms with van der Waals surface area (Å²) >= 11 is 1.95. The molecule has 1 atom stereocenters. The lowest BCUT2D eigenvalue weighted by atomic mass is 10.2. The van der Waals surface area contributed by atoms with E-state index in [0.29, 0.717) is 19.1 Å². The molecule has 0 aromatic heterocycles. The molecule has 0 saturated carbocycles. The van der Waals surface area contributed by atoms with Crippen molar-refractivity contribution in [1.29, 1.82) is 0 Å². The normalized spacial score (nSPS) is 23.8. The molecule has 1 unspecified atom stereocenters. The van der Waals surface area contributed by atoms with E-state index in [2.05, 4.69) is 20.9 Å². The highest BCUT2D eigenvalue weighted by Gasteiger charge is 2.27. The number of carbonyl (C=O) groups excluding carboxylic acids is 2. The summed E-state index contributed by atoms with van der Waals surface area (Å²) in [5.74, 6) is 2.87. The summed E-state index contributed by atoms with van der Waals surface area (Å²) < 4.78 is 0. The average molecular weight is 299 g/mol. The van der Waals surface area contributed by atoms with Gasteiger partial charge >= 0.3 is 6.03 Å². The maximum absolute atomic E-state index is 11.4. The molecular weight excluding hydrogens is 278 g/mol. The maximum atomic E-state index is 11.4. The summed E-state index contributed by atoms with van der Waals surface area (Å²) in [5.41, 5.74) is 0. The van der Waals surface area contributed by atoms with Crippen molar-refractivity contribution in [2.24, 2.45) is 4.99 Å². The lowest BCUT2D eigenvalue weighted by Gasteiger charge is -2.24. The zero-order chi connectivity index (χ0) is 14.4. The molecule has 2 aliphatic heterocycles. The molecule has 7 nitrogen and oxygen atoms in total. The molecule has 0 radical (unpaired) electrons. The van der Waals surface area contributed by atoms with Gasteiger partial charge in [0.2, 0.25) is 5.91 Å². The summed E-state index contributed by atoms with van der Waals surface area (Å²) in [4.78, 5) is 28.2. The molecule has 0 bridgehead atoms. The first-order valence-electron chi connectivity index (χ1n) is 6.84. The number of urea groups is 1. The van der Waals surface area contributed by atoms with Crippen LogP contribution >= 0.6 is 11.8 Å². The average Bonchev–Trinajstić information content (AvgIpc) is 2.79. The molecular formula is C12H21N5O2S. The van der Waals surface area contributed by atoms with Gasteiger partial charge in [-0.2, -0.15) is 11.8 Å². The number of nitrogens with zero attached hydrogens (tertiary/aromatic N) is 2. The molecule has 0 aromatic rings. The monoisotopic (exact) mass is 299 g/mol. The minimum atomic E-state index is -0.316. The van der Waals surface area contributed by atoms with Crippen molar-refractivity contribution >= 4 is 29.7 Å². The highest BCUT2D eigenvalue weighted by Crippen LogP contribution is 2.16. The summed E-state index contributed by atoms with van der Waals surface area (Å²) in [7, 11) is 1.72. The molecule has 8 heteroatoms. The molecule has 3 amide bonds. The molecule has 20 heavy (non-hydrogen) atoms. The summed E-state index contributed by atoms with van der Waals surface area (Å²) in [6, 6.07) is 0.125. The molecule has 0 spiro atoms. The van der Waals surface area contributed by atoms with Crippen molar-refractivity contribution < 1.29 is 9.59 Å². The van der Waals surface area contributed by atoms with Crippen LogP contribution in [0.25, 0.3) is 0 Å². The van der Waals surface area contributed by atoms with Crippen molar-refractivity contribution in [2.75, 3.05) is 38.2 Å². The van der Waals surface area contributed by atoms with Gasteiger partial charge in [0.15, 0.2) is 5.96 Å². The third kappa shape index (κ3) is 4.03. The predicted octanol–water partition coefficient (Wildman–Crippen LogP) is -0.401. The number of imide groups is 1. The number of rotatable bonds is 4. The van der Waals surface area contributed by atoms with Crippen LogP contribution in [-0.4, -0.2) is 67.0 Å². The summed E-state index contributed by atoms with van der Waals surface area (Å²) in [6.07, 6.45) is 2.38. The number of aliphatic imine (C=N–C) groups is 1. The van der Waals surface area contributed by atoms with Gasteiger partial charge in [-0.1, -0.05) is 0 Å². The first-order valence-corrected chi connectivity index (χ1v) is 7.99.